The van der Waals surface area contributed by atoms with Crippen LogP contribution < -0.4 is 10.1 Å². The van der Waals surface area contributed by atoms with Crippen LogP contribution in [0.1, 0.15) is 11.4 Å². The Hall–Kier alpha value is -1.98. The zero-order valence-electron chi connectivity index (χ0n) is 12.7. The second-order valence-electron chi connectivity index (χ2n) is 4.72. The molecule has 21 heavy (non-hydrogen) atoms. The minimum Gasteiger partial charge on any atom is -0.497 e. The van der Waals surface area contributed by atoms with Crippen molar-refractivity contribution < 1.29 is 9.47 Å². The summed E-state index contributed by atoms with van der Waals surface area (Å²) in [6, 6.07) is 9.76. The van der Waals surface area contributed by atoms with Crippen LogP contribution in [0.5, 0.6) is 5.75 Å². The number of rotatable bonds is 7. The lowest BCUT2D eigenvalue weighted by molar-refractivity contribution is 0.199. The molecule has 1 aromatic heterocycles. The first kappa shape index (κ1) is 15.4. The van der Waals surface area contributed by atoms with E-state index in [-0.39, 0.29) is 0 Å². The molecule has 0 bridgehead atoms. The number of nitrogens with one attached hydrogen (secondary N) is 1. The molecule has 1 N–H and O–H groups in total. The van der Waals surface area contributed by atoms with Crippen LogP contribution in [0.25, 0.3) is 11.4 Å². The van der Waals surface area contributed by atoms with E-state index in [1.807, 2.05) is 37.3 Å². The lowest BCUT2D eigenvalue weighted by Gasteiger charge is -2.08. The van der Waals surface area contributed by atoms with Gasteiger partial charge in [0.15, 0.2) is 5.82 Å². The minimum atomic E-state index is 0.690. The average Bonchev–Trinajstić information content (AvgIpc) is 2.51. The van der Waals surface area contributed by atoms with E-state index in [2.05, 4.69) is 15.3 Å². The summed E-state index contributed by atoms with van der Waals surface area (Å²) in [5, 5.41) is 3.29. The molecule has 5 nitrogen and oxygen atoms in total. The lowest BCUT2D eigenvalue weighted by Crippen LogP contribution is -2.19. The molecule has 0 saturated heterocycles. The van der Waals surface area contributed by atoms with E-state index < -0.39 is 0 Å². The third-order valence-electron chi connectivity index (χ3n) is 3.04. The number of aryl methyl sites for hydroxylation is 1. The second kappa shape index (κ2) is 7.71. The van der Waals surface area contributed by atoms with Gasteiger partial charge in [0.25, 0.3) is 0 Å². The standard InChI is InChI=1S/C16H21N3O2/c1-12-10-14(11-17-8-9-20-2)19-16(18-12)13-4-6-15(21-3)7-5-13/h4-7,10,17H,8-9,11H2,1-3H3. The van der Waals surface area contributed by atoms with Crippen molar-refractivity contribution in [2.24, 2.45) is 0 Å². The molecule has 0 aliphatic rings. The number of hydrogen-bond donors (Lipinski definition) is 1. The van der Waals surface area contributed by atoms with Crippen LogP contribution in [0.4, 0.5) is 0 Å². The fourth-order valence-electron chi connectivity index (χ4n) is 1.98. The van der Waals surface area contributed by atoms with Crippen LogP contribution in [-0.4, -0.2) is 37.3 Å². The molecule has 2 rings (SSSR count). The highest BCUT2D eigenvalue weighted by Crippen LogP contribution is 2.19. The molecule has 0 amide bonds. The maximum absolute atomic E-state index is 5.17. The Bertz CT molecular complexity index is 570. The van der Waals surface area contributed by atoms with Gasteiger partial charge in [0.2, 0.25) is 0 Å². The van der Waals surface area contributed by atoms with Crippen LogP contribution in [0.2, 0.25) is 0 Å². The molecule has 0 fully saturated rings. The highest BCUT2D eigenvalue weighted by atomic mass is 16.5. The van der Waals surface area contributed by atoms with Gasteiger partial charge >= 0.3 is 0 Å². The molecule has 0 aliphatic heterocycles. The number of nitrogens with zero attached hydrogens (tertiary/aromatic N) is 2. The molecule has 1 aromatic carbocycles. The van der Waals surface area contributed by atoms with Gasteiger partial charge in [-0.3, -0.25) is 0 Å². The van der Waals surface area contributed by atoms with Gasteiger partial charge in [-0.1, -0.05) is 0 Å². The van der Waals surface area contributed by atoms with E-state index in [4.69, 9.17) is 9.47 Å². The largest absolute Gasteiger partial charge is 0.497 e. The summed E-state index contributed by atoms with van der Waals surface area (Å²) in [4.78, 5) is 9.10. The molecule has 112 valence electrons. The Morgan fingerprint density at radius 3 is 2.52 bits per heavy atom. The molecule has 0 aliphatic carbocycles. The second-order valence-corrected chi connectivity index (χ2v) is 4.72. The summed E-state index contributed by atoms with van der Waals surface area (Å²) in [5.74, 6) is 1.56. The highest BCUT2D eigenvalue weighted by Gasteiger charge is 2.05. The van der Waals surface area contributed by atoms with Gasteiger partial charge in [-0.05, 0) is 37.3 Å². The van der Waals surface area contributed by atoms with E-state index in [1.165, 1.54) is 0 Å². The van der Waals surface area contributed by atoms with Crippen LogP contribution in [0, 0.1) is 6.92 Å². The molecule has 5 heteroatoms. The summed E-state index contributed by atoms with van der Waals surface area (Å²) in [6.45, 7) is 4.18. The molecule has 0 unspecified atom stereocenters. The van der Waals surface area contributed by atoms with Crippen LogP contribution in [-0.2, 0) is 11.3 Å². The van der Waals surface area contributed by atoms with Gasteiger partial charge in [0, 0.05) is 31.5 Å². The van der Waals surface area contributed by atoms with Crippen molar-refractivity contribution in [3.05, 3.63) is 41.7 Å². The van der Waals surface area contributed by atoms with E-state index in [9.17, 15) is 0 Å². The molecular weight excluding hydrogens is 266 g/mol. The third-order valence-corrected chi connectivity index (χ3v) is 3.04. The Balaban J connectivity index is 2.13. The molecule has 0 saturated carbocycles. The van der Waals surface area contributed by atoms with Gasteiger partial charge in [-0.15, -0.1) is 0 Å². The predicted molar refractivity (Wildman–Crippen MR) is 82.3 cm³/mol. The fourth-order valence-corrected chi connectivity index (χ4v) is 1.98. The van der Waals surface area contributed by atoms with E-state index in [0.717, 1.165) is 35.1 Å². The number of ether oxygens (including phenoxy) is 2. The van der Waals surface area contributed by atoms with E-state index >= 15 is 0 Å². The number of aromatic nitrogens is 2. The summed E-state index contributed by atoms with van der Waals surface area (Å²) in [5.41, 5.74) is 2.92. The minimum absolute atomic E-state index is 0.690. The van der Waals surface area contributed by atoms with Crippen molar-refractivity contribution in [1.29, 1.82) is 0 Å². The summed E-state index contributed by atoms with van der Waals surface area (Å²) >= 11 is 0. The van der Waals surface area contributed by atoms with Crippen molar-refractivity contribution in [2.75, 3.05) is 27.4 Å². The van der Waals surface area contributed by atoms with Crippen molar-refractivity contribution in [2.45, 2.75) is 13.5 Å². The Labute approximate surface area is 125 Å². The number of methoxy groups -OCH3 is 2. The summed E-state index contributed by atoms with van der Waals surface area (Å²) in [7, 11) is 3.35. The predicted octanol–water partition coefficient (Wildman–Crippen LogP) is 2.20. The summed E-state index contributed by atoms with van der Waals surface area (Å²) in [6.07, 6.45) is 0. The monoisotopic (exact) mass is 287 g/mol. The van der Waals surface area contributed by atoms with Crippen LogP contribution >= 0.6 is 0 Å². The quantitative estimate of drug-likeness (QED) is 0.791. The first-order valence-corrected chi connectivity index (χ1v) is 6.91. The first-order valence-electron chi connectivity index (χ1n) is 6.91. The molecule has 0 radical (unpaired) electrons. The van der Waals surface area contributed by atoms with Crippen molar-refractivity contribution >= 4 is 0 Å². The number of hydrogen-bond acceptors (Lipinski definition) is 5. The van der Waals surface area contributed by atoms with Gasteiger partial charge in [0.05, 0.1) is 19.4 Å². The SMILES string of the molecule is COCCNCc1cc(C)nc(-c2ccc(OC)cc2)n1. The van der Waals surface area contributed by atoms with E-state index in [1.54, 1.807) is 14.2 Å². The molecule has 0 atom stereocenters. The fraction of sp³-hybridized carbons (Fsp3) is 0.375. The molecule has 1 heterocycles. The Morgan fingerprint density at radius 2 is 1.86 bits per heavy atom. The molecule has 2 aromatic rings. The van der Waals surface area contributed by atoms with Crippen molar-refractivity contribution in [3.8, 4) is 17.1 Å². The third kappa shape index (κ3) is 4.51. The highest BCUT2D eigenvalue weighted by molar-refractivity contribution is 5.56. The normalized spacial score (nSPS) is 10.6. The van der Waals surface area contributed by atoms with Crippen LogP contribution in [0.15, 0.2) is 30.3 Å². The van der Waals surface area contributed by atoms with Gasteiger partial charge < -0.3 is 14.8 Å². The van der Waals surface area contributed by atoms with Crippen molar-refractivity contribution in [1.82, 2.24) is 15.3 Å². The van der Waals surface area contributed by atoms with E-state index in [0.29, 0.717) is 13.2 Å². The molecular formula is C16H21N3O2. The van der Waals surface area contributed by atoms with Gasteiger partial charge in [-0.2, -0.15) is 0 Å². The summed E-state index contributed by atoms with van der Waals surface area (Å²) < 4.78 is 10.2. The molecule has 0 spiro atoms. The smallest absolute Gasteiger partial charge is 0.159 e. The Morgan fingerprint density at radius 1 is 1.10 bits per heavy atom. The first-order chi connectivity index (χ1) is 10.2. The maximum atomic E-state index is 5.17. The number of benzene rings is 1. The Kier molecular flexibility index (Phi) is 5.66. The zero-order valence-corrected chi connectivity index (χ0v) is 12.7. The lowest BCUT2D eigenvalue weighted by atomic mass is 10.2. The van der Waals surface area contributed by atoms with Crippen LogP contribution in [0.3, 0.4) is 0 Å². The zero-order chi connectivity index (χ0) is 15.1. The average molecular weight is 287 g/mol. The maximum Gasteiger partial charge on any atom is 0.159 e. The van der Waals surface area contributed by atoms with Gasteiger partial charge in [-0.25, -0.2) is 9.97 Å². The van der Waals surface area contributed by atoms with Gasteiger partial charge in [0.1, 0.15) is 5.75 Å². The topological polar surface area (TPSA) is 56.3 Å². The van der Waals surface area contributed by atoms with Crippen molar-refractivity contribution in [3.63, 3.8) is 0 Å².